The molecule has 0 aromatic rings. The Bertz CT molecular complexity index is 262. The van der Waals surface area contributed by atoms with Gasteiger partial charge in [-0.05, 0) is 24.7 Å². The molecule has 0 aliphatic heterocycles. The van der Waals surface area contributed by atoms with Crippen molar-refractivity contribution in [3.8, 4) is 0 Å². The molecule has 1 saturated carbocycles. The summed E-state index contributed by atoms with van der Waals surface area (Å²) in [6.07, 6.45) is 2.59. The molecule has 2 nitrogen and oxygen atoms in total. The maximum Gasteiger partial charge on any atom is 0.0540 e. The molecule has 0 spiro atoms. The lowest BCUT2D eigenvalue weighted by molar-refractivity contribution is 0.0110. The van der Waals surface area contributed by atoms with Crippen LogP contribution >= 0.6 is 0 Å². The van der Waals surface area contributed by atoms with Crippen molar-refractivity contribution in [1.82, 2.24) is 0 Å². The number of methoxy groups -OCH3 is 2. The smallest absolute Gasteiger partial charge is 0.0540 e. The topological polar surface area (TPSA) is 18.5 Å². The van der Waals surface area contributed by atoms with E-state index in [0.29, 0.717) is 0 Å². The normalized spacial score (nSPS) is 26.1. The van der Waals surface area contributed by atoms with Gasteiger partial charge in [-0.1, -0.05) is 51.9 Å². The van der Waals surface area contributed by atoms with E-state index in [1.54, 1.807) is 0 Å². The summed E-state index contributed by atoms with van der Waals surface area (Å²) in [6.45, 7) is 11.5. The van der Waals surface area contributed by atoms with Crippen molar-refractivity contribution in [1.29, 1.82) is 0 Å². The van der Waals surface area contributed by atoms with Crippen LogP contribution < -0.4 is 0 Å². The minimum atomic E-state index is -1.01. The summed E-state index contributed by atoms with van der Waals surface area (Å²) in [4.78, 5) is 0. The van der Waals surface area contributed by atoms with Crippen molar-refractivity contribution in [3.63, 3.8) is 0 Å². The van der Waals surface area contributed by atoms with Gasteiger partial charge in [0.25, 0.3) is 0 Å². The maximum atomic E-state index is 5.52. The van der Waals surface area contributed by atoms with E-state index in [-0.39, 0.29) is 5.41 Å². The molecule has 1 rings (SSSR count). The highest BCUT2D eigenvalue weighted by molar-refractivity contribution is 6.79. The van der Waals surface area contributed by atoms with E-state index in [9.17, 15) is 0 Å². The van der Waals surface area contributed by atoms with Crippen LogP contribution in [0.4, 0.5) is 0 Å². The molecule has 0 heterocycles. The molecule has 0 aromatic heterocycles. The van der Waals surface area contributed by atoms with Crippen LogP contribution in [0.2, 0.25) is 24.2 Å². The molecule has 3 heteroatoms. The monoisotopic (exact) mass is 300 g/mol. The average Bonchev–Trinajstić information content (AvgIpc) is 2.73. The van der Waals surface area contributed by atoms with E-state index in [1.807, 2.05) is 14.2 Å². The minimum Gasteiger partial charge on any atom is -0.384 e. The average molecular weight is 301 g/mol. The summed E-state index contributed by atoms with van der Waals surface area (Å²) in [6, 6.07) is 5.87. The fourth-order valence-corrected chi connectivity index (χ4v) is 8.62. The third-order valence-electron chi connectivity index (χ3n) is 6.10. The van der Waals surface area contributed by atoms with Crippen molar-refractivity contribution in [3.05, 3.63) is 0 Å². The Labute approximate surface area is 127 Å². The highest BCUT2D eigenvalue weighted by Crippen LogP contribution is 2.50. The van der Waals surface area contributed by atoms with Gasteiger partial charge in [-0.15, -0.1) is 0 Å². The first-order chi connectivity index (χ1) is 9.50. The molecule has 0 aromatic carbocycles. The predicted octanol–water partition coefficient (Wildman–Crippen LogP) is 4.82. The Morgan fingerprint density at radius 1 is 0.950 bits per heavy atom. The van der Waals surface area contributed by atoms with Crippen LogP contribution in [0.25, 0.3) is 0 Å². The lowest BCUT2D eigenvalue weighted by Crippen LogP contribution is -2.35. The summed E-state index contributed by atoms with van der Waals surface area (Å²) in [5.74, 6) is 1.73. The van der Waals surface area contributed by atoms with Gasteiger partial charge in [0.15, 0.2) is 0 Å². The molecule has 1 aliphatic rings. The molecule has 0 unspecified atom stereocenters. The number of ether oxygens (including phenoxy) is 2. The molecule has 0 N–H and O–H groups in total. The Hall–Kier alpha value is 0.137. The number of hydrogen-bond donors (Lipinski definition) is 0. The van der Waals surface area contributed by atoms with Crippen LogP contribution in [0.5, 0.6) is 0 Å². The third kappa shape index (κ3) is 4.08. The Morgan fingerprint density at radius 3 is 1.85 bits per heavy atom. The van der Waals surface area contributed by atoms with Gasteiger partial charge in [0.05, 0.1) is 21.3 Å². The van der Waals surface area contributed by atoms with E-state index in [2.05, 4.69) is 27.7 Å². The van der Waals surface area contributed by atoms with Crippen LogP contribution in [0.1, 0.15) is 40.5 Å². The minimum absolute atomic E-state index is 0.281. The second-order valence-electron chi connectivity index (χ2n) is 7.28. The molecular formula is C17H36O2Si. The van der Waals surface area contributed by atoms with Gasteiger partial charge in [-0.3, -0.25) is 0 Å². The van der Waals surface area contributed by atoms with E-state index in [1.165, 1.54) is 37.0 Å². The van der Waals surface area contributed by atoms with Crippen molar-refractivity contribution >= 4 is 8.07 Å². The van der Waals surface area contributed by atoms with Crippen LogP contribution in [-0.4, -0.2) is 35.5 Å². The van der Waals surface area contributed by atoms with Crippen LogP contribution in [0, 0.1) is 17.3 Å². The molecular weight excluding hydrogens is 264 g/mol. The molecule has 0 radical (unpaired) electrons. The first kappa shape index (κ1) is 18.2. The summed E-state index contributed by atoms with van der Waals surface area (Å²) >= 11 is 0. The van der Waals surface area contributed by atoms with Crippen molar-refractivity contribution in [2.45, 2.75) is 64.7 Å². The molecule has 2 atom stereocenters. The van der Waals surface area contributed by atoms with Crippen molar-refractivity contribution < 1.29 is 9.47 Å². The van der Waals surface area contributed by atoms with Crippen LogP contribution in [-0.2, 0) is 9.47 Å². The molecule has 1 fully saturated rings. The summed E-state index contributed by atoms with van der Waals surface area (Å²) in [5.41, 5.74) is 0.281. The number of rotatable bonds is 9. The Kier molecular flexibility index (Phi) is 7.23. The zero-order valence-corrected chi connectivity index (χ0v) is 15.6. The standard InChI is InChI=1S/C17H36O2Si/c1-7-20(8-2,9-3)12-16-11-17(13-18-5,14-19-6)10-15(16)4/h15-16H,7-14H2,1-6H3/t15-,16+/m0/s1. The lowest BCUT2D eigenvalue weighted by atomic mass is 9.87. The molecule has 1 aliphatic carbocycles. The van der Waals surface area contributed by atoms with Gasteiger partial charge in [0.2, 0.25) is 0 Å². The Morgan fingerprint density at radius 2 is 1.45 bits per heavy atom. The summed E-state index contributed by atoms with van der Waals surface area (Å²) in [7, 11) is 2.65. The first-order valence-corrected chi connectivity index (χ1v) is 11.3. The highest BCUT2D eigenvalue weighted by atomic mass is 28.3. The van der Waals surface area contributed by atoms with Crippen molar-refractivity contribution in [2.75, 3.05) is 27.4 Å². The summed E-state index contributed by atoms with van der Waals surface area (Å²) in [5, 5.41) is 0. The molecule has 120 valence electrons. The lowest BCUT2D eigenvalue weighted by Gasteiger charge is -2.33. The Balaban J connectivity index is 2.77. The van der Waals surface area contributed by atoms with Crippen LogP contribution in [0.15, 0.2) is 0 Å². The zero-order valence-electron chi connectivity index (χ0n) is 14.6. The second-order valence-corrected chi connectivity index (χ2v) is 12.8. The van der Waals surface area contributed by atoms with E-state index >= 15 is 0 Å². The van der Waals surface area contributed by atoms with E-state index in [4.69, 9.17) is 9.47 Å². The van der Waals surface area contributed by atoms with E-state index in [0.717, 1.165) is 25.0 Å². The fourth-order valence-electron chi connectivity index (χ4n) is 4.59. The molecule has 0 saturated heterocycles. The maximum absolute atomic E-state index is 5.52. The van der Waals surface area contributed by atoms with Gasteiger partial charge in [0, 0.05) is 19.6 Å². The quantitative estimate of drug-likeness (QED) is 0.568. The largest absolute Gasteiger partial charge is 0.384 e. The fraction of sp³-hybridized carbons (Fsp3) is 1.00. The van der Waals surface area contributed by atoms with Crippen molar-refractivity contribution in [2.24, 2.45) is 17.3 Å². The third-order valence-corrected chi connectivity index (χ3v) is 12.0. The molecule has 20 heavy (non-hydrogen) atoms. The van der Waals surface area contributed by atoms with E-state index < -0.39 is 8.07 Å². The van der Waals surface area contributed by atoms with Crippen LogP contribution in [0.3, 0.4) is 0 Å². The second kappa shape index (κ2) is 7.95. The van der Waals surface area contributed by atoms with Gasteiger partial charge >= 0.3 is 0 Å². The SMILES string of the molecule is CC[Si](CC)(CC)C[C@H]1CC(COC)(COC)C[C@@H]1C. The first-order valence-electron chi connectivity index (χ1n) is 8.48. The summed E-state index contributed by atoms with van der Waals surface area (Å²) < 4.78 is 11.0. The highest BCUT2D eigenvalue weighted by Gasteiger charge is 2.45. The molecule has 0 amide bonds. The predicted molar refractivity (Wildman–Crippen MR) is 90.1 cm³/mol. The molecule has 0 bridgehead atoms. The van der Waals surface area contributed by atoms with Gasteiger partial charge in [0.1, 0.15) is 0 Å². The van der Waals surface area contributed by atoms with Gasteiger partial charge in [-0.25, -0.2) is 0 Å². The zero-order chi connectivity index (χ0) is 15.2. The van der Waals surface area contributed by atoms with Gasteiger partial charge < -0.3 is 9.47 Å². The number of hydrogen-bond acceptors (Lipinski definition) is 2. The van der Waals surface area contributed by atoms with Gasteiger partial charge in [-0.2, -0.15) is 0 Å².